The maximum atomic E-state index is 13.9. The second-order valence-electron chi connectivity index (χ2n) is 5.01. The first-order valence-corrected chi connectivity index (χ1v) is 6.47. The highest BCUT2D eigenvalue weighted by atomic mass is 19.1. The molecule has 1 saturated heterocycles. The van der Waals surface area contributed by atoms with Crippen LogP contribution in [0.2, 0.25) is 0 Å². The zero-order valence-corrected chi connectivity index (χ0v) is 11.3. The van der Waals surface area contributed by atoms with Crippen molar-refractivity contribution >= 4 is 22.7 Å². The van der Waals surface area contributed by atoms with E-state index >= 15 is 0 Å². The molecule has 1 unspecified atom stereocenters. The molecule has 0 radical (unpaired) electrons. The van der Waals surface area contributed by atoms with Crippen molar-refractivity contribution in [2.24, 2.45) is 7.05 Å². The molecule has 2 heterocycles. The zero-order chi connectivity index (χ0) is 15.1. The van der Waals surface area contributed by atoms with Gasteiger partial charge in [0.25, 0.3) is 0 Å². The molecule has 1 atom stereocenters. The van der Waals surface area contributed by atoms with Gasteiger partial charge in [0.1, 0.15) is 5.82 Å². The van der Waals surface area contributed by atoms with Gasteiger partial charge in [-0.2, -0.15) is 5.10 Å². The average molecular weight is 285 g/mol. The number of imide groups is 1. The number of piperidine rings is 1. The quantitative estimate of drug-likeness (QED) is 0.633. The Balaban J connectivity index is 2.16. The van der Waals surface area contributed by atoms with Gasteiger partial charge in [-0.15, -0.1) is 6.42 Å². The second kappa shape index (κ2) is 4.70. The van der Waals surface area contributed by atoms with E-state index in [1.165, 1.54) is 12.1 Å². The first-order valence-electron chi connectivity index (χ1n) is 6.47. The number of halogens is 1. The summed E-state index contributed by atoms with van der Waals surface area (Å²) in [6.45, 7) is 0. The van der Waals surface area contributed by atoms with Crippen LogP contribution in [0.5, 0.6) is 0 Å². The van der Waals surface area contributed by atoms with Gasteiger partial charge in [0.2, 0.25) is 11.8 Å². The van der Waals surface area contributed by atoms with Gasteiger partial charge in [0.15, 0.2) is 0 Å². The number of rotatable bonds is 1. The van der Waals surface area contributed by atoms with E-state index in [9.17, 15) is 14.0 Å². The van der Waals surface area contributed by atoms with Crippen molar-refractivity contribution in [3.05, 3.63) is 29.2 Å². The molecule has 3 rings (SSSR count). The van der Waals surface area contributed by atoms with E-state index in [0.717, 1.165) is 0 Å². The third-order valence-electron chi connectivity index (χ3n) is 3.69. The molecule has 0 bridgehead atoms. The molecule has 1 aliphatic heterocycles. The minimum atomic E-state index is -0.553. The molecular weight excluding hydrogens is 273 g/mol. The molecule has 106 valence electrons. The lowest BCUT2D eigenvalue weighted by Crippen LogP contribution is -2.39. The van der Waals surface area contributed by atoms with Gasteiger partial charge in [0.05, 0.1) is 22.7 Å². The Morgan fingerprint density at radius 2 is 2.24 bits per heavy atom. The number of amides is 2. The van der Waals surface area contributed by atoms with Crippen LogP contribution < -0.4 is 5.32 Å². The van der Waals surface area contributed by atoms with Crippen LogP contribution >= 0.6 is 0 Å². The fourth-order valence-corrected chi connectivity index (χ4v) is 2.63. The number of aromatic nitrogens is 2. The number of aryl methyl sites for hydroxylation is 1. The van der Waals surface area contributed by atoms with E-state index in [1.807, 2.05) is 0 Å². The predicted octanol–water partition coefficient (Wildman–Crippen LogP) is 1.21. The fraction of sp³-hybridized carbons (Fsp3) is 0.267. The van der Waals surface area contributed by atoms with E-state index in [4.69, 9.17) is 6.42 Å². The number of nitrogens with zero attached hydrogens (tertiary/aromatic N) is 2. The van der Waals surface area contributed by atoms with Crippen LogP contribution in [0.4, 0.5) is 4.39 Å². The summed E-state index contributed by atoms with van der Waals surface area (Å²) in [6.07, 6.45) is 5.88. The Kier molecular flexibility index (Phi) is 2.98. The number of hydrogen-bond acceptors (Lipinski definition) is 3. The molecule has 6 heteroatoms. The highest BCUT2D eigenvalue weighted by molar-refractivity contribution is 6.02. The van der Waals surface area contributed by atoms with Crippen LogP contribution in [0.15, 0.2) is 12.1 Å². The lowest BCUT2D eigenvalue weighted by Gasteiger charge is -2.19. The number of carbonyl (C=O) groups excluding carboxylic acids is 2. The first-order chi connectivity index (χ1) is 10.0. The molecule has 2 amide bonds. The van der Waals surface area contributed by atoms with Crippen molar-refractivity contribution in [2.75, 3.05) is 0 Å². The van der Waals surface area contributed by atoms with E-state index < -0.39 is 17.6 Å². The SMILES string of the molecule is C#Cc1cc2c(cc1F)c(C1CCC(=O)NC1=O)nn2C. The van der Waals surface area contributed by atoms with Gasteiger partial charge in [0, 0.05) is 18.9 Å². The van der Waals surface area contributed by atoms with Gasteiger partial charge >= 0.3 is 0 Å². The summed E-state index contributed by atoms with van der Waals surface area (Å²) in [7, 11) is 1.70. The summed E-state index contributed by atoms with van der Waals surface area (Å²) in [5.41, 5.74) is 1.28. The normalized spacial score (nSPS) is 18.6. The molecule has 0 saturated carbocycles. The zero-order valence-electron chi connectivity index (χ0n) is 11.3. The number of hydrogen-bond donors (Lipinski definition) is 1. The summed E-state index contributed by atoms with van der Waals surface area (Å²) in [5.74, 6) is 0.513. The third kappa shape index (κ3) is 2.07. The molecule has 1 N–H and O–H groups in total. The van der Waals surface area contributed by atoms with E-state index in [2.05, 4.69) is 16.3 Å². The lowest BCUT2D eigenvalue weighted by atomic mass is 9.92. The van der Waals surface area contributed by atoms with Crippen LogP contribution in [0.1, 0.15) is 30.0 Å². The van der Waals surface area contributed by atoms with E-state index in [0.29, 0.717) is 23.0 Å². The van der Waals surface area contributed by atoms with Crippen molar-refractivity contribution in [3.63, 3.8) is 0 Å². The molecule has 1 aromatic heterocycles. The van der Waals surface area contributed by atoms with E-state index in [1.54, 1.807) is 11.7 Å². The predicted molar refractivity (Wildman–Crippen MR) is 73.7 cm³/mol. The van der Waals surface area contributed by atoms with Crippen molar-refractivity contribution in [1.82, 2.24) is 15.1 Å². The highest BCUT2D eigenvalue weighted by Crippen LogP contribution is 2.31. The second-order valence-corrected chi connectivity index (χ2v) is 5.01. The Hall–Kier alpha value is -2.68. The Bertz CT molecular complexity index is 816. The van der Waals surface area contributed by atoms with Crippen molar-refractivity contribution in [1.29, 1.82) is 0 Å². The molecule has 0 aliphatic carbocycles. The summed E-state index contributed by atoms with van der Waals surface area (Å²) in [6, 6.07) is 2.84. The minimum absolute atomic E-state index is 0.153. The Labute approximate surface area is 120 Å². The molecule has 5 nitrogen and oxygen atoms in total. The van der Waals surface area contributed by atoms with Crippen LogP contribution in [0.3, 0.4) is 0 Å². The summed E-state index contributed by atoms with van der Waals surface area (Å²) < 4.78 is 15.5. The maximum Gasteiger partial charge on any atom is 0.235 e. The molecule has 21 heavy (non-hydrogen) atoms. The molecule has 1 aliphatic rings. The highest BCUT2D eigenvalue weighted by Gasteiger charge is 2.31. The lowest BCUT2D eigenvalue weighted by molar-refractivity contribution is -0.134. The summed E-state index contributed by atoms with van der Waals surface area (Å²) in [5, 5.41) is 7.15. The van der Waals surface area contributed by atoms with Crippen LogP contribution in [0.25, 0.3) is 10.9 Å². The molecular formula is C15H12FN3O2. The van der Waals surface area contributed by atoms with Crippen molar-refractivity contribution < 1.29 is 14.0 Å². The smallest absolute Gasteiger partial charge is 0.235 e. The number of fused-ring (bicyclic) bond motifs is 1. The van der Waals surface area contributed by atoms with Crippen LogP contribution in [-0.4, -0.2) is 21.6 Å². The number of terminal acetylenes is 1. The van der Waals surface area contributed by atoms with Crippen LogP contribution in [0, 0.1) is 18.2 Å². The van der Waals surface area contributed by atoms with E-state index in [-0.39, 0.29) is 17.9 Å². The average Bonchev–Trinajstić information content (AvgIpc) is 2.74. The molecule has 2 aromatic rings. The van der Waals surface area contributed by atoms with Crippen molar-refractivity contribution in [3.8, 4) is 12.3 Å². The summed E-state index contributed by atoms with van der Waals surface area (Å²) >= 11 is 0. The number of benzene rings is 1. The Morgan fingerprint density at radius 3 is 2.90 bits per heavy atom. The van der Waals surface area contributed by atoms with Gasteiger partial charge < -0.3 is 0 Å². The van der Waals surface area contributed by atoms with Gasteiger partial charge in [-0.25, -0.2) is 4.39 Å². The van der Waals surface area contributed by atoms with Crippen LogP contribution in [-0.2, 0) is 16.6 Å². The molecule has 0 spiro atoms. The van der Waals surface area contributed by atoms with Gasteiger partial charge in [-0.05, 0) is 18.6 Å². The van der Waals surface area contributed by atoms with Crippen molar-refractivity contribution in [2.45, 2.75) is 18.8 Å². The standard InChI is InChI=1S/C15H12FN3O2/c1-3-8-6-12-10(7-11(8)16)14(18-19(12)2)9-4-5-13(20)17-15(9)21/h1,6-7,9H,4-5H2,2H3,(H,17,20,21). The molecule has 1 fully saturated rings. The fourth-order valence-electron chi connectivity index (χ4n) is 2.63. The molecule has 1 aromatic carbocycles. The Morgan fingerprint density at radius 1 is 1.48 bits per heavy atom. The third-order valence-corrected chi connectivity index (χ3v) is 3.69. The number of nitrogens with one attached hydrogen (secondary N) is 1. The maximum absolute atomic E-state index is 13.9. The summed E-state index contributed by atoms with van der Waals surface area (Å²) in [4.78, 5) is 23.2. The monoisotopic (exact) mass is 285 g/mol. The topological polar surface area (TPSA) is 64.0 Å². The minimum Gasteiger partial charge on any atom is -0.296 e. The van der Waals surface area contributed by atoms with Gasteiger partial charge in [-0.1, -0.05) is 5.92 Å². The largest absolute Gasteiger partial charge is 0.296 e. The first kappa shape index (κ1) is 13.3. The number of carbonyl (C=O) groups is 2. The van der Waals surface area contributed by atoms with Gasteiger partial charge in [-0.3, -0.25) is 19.6 Å².